The van der Waals surface area contributed by atoms with Crippen molar-refractivity contribution in [3.63, 3.8) is 0 Å². The molecule has 1 saturated heterocycles. The largest absolute Gasteiger partial charge is 0.459 e. The maximum Gasteiger partial charge on any atom is 0.289 e. The van der Waals surface area contributed by atoms with Crippen LogP contribution >= 0.6 is 0 Å². The van der Waals surface area contributed by atoms with Crippen LogP contribution in [0.3, 0.4) is 0 Å². The Labute approximate surface area is 147 Å². The minimum Gasteiger partial charge on any atom is -0.459 e. The number of hydrogen-bond acceptors (Lipinski definition) is 5. The Morgan fingerprint density at radius 2 is 1.96 bits per heavy atom. The van der Waals surface area contributed by atoms with E-state index in [4.69, 9.17) is 4.42 Å². The van der Waals surface area contributed by atoms with Gasteiger partial charge in [-0.2, -0.15) is 0 Å². The van der Waals surface area contributed by atoms with E-state index < -0.39 is 0 Å². The maximum atomic E-state index is 12.5. The summed E-state index contributed by atoms with van der Waals surface area (Å²) in [5.41, 5.74) is 0.901. The van der Waals surface area contributed by atoms with Crippen LogP contribution in [0.1, 0.15) is 47.0 Å². The average Bonchev–Trinajstić information content (AvgIpc) is 3.13. The molecule has 134 valence electrons. The SMILES string of the molecule is Cc1ccoc1C(=O)N1CCN(Cc2nnc3n2CCCCC3)CC1. The van der Waals surface area contributed by atoms with E-state index in [1.54, 1.807) is 6.26 Å². The highest BCUT2D eigenvalue weighted by atomic mass is 16.3. The number of piperazine rings is 1. The Bertz CT molecular complexity index is 742. The lowest BCUT2D eigenvalue weighted by atomic mass is 10.2. The lowest BCUT2D eigenvalue weighted by Gasteiger charge is -2.34. The number of hydrogen-bond donors (Lipinski definition) is 0. The van der Waals surface area contributed by atoms with E-state index in [1.165, 1.54) is 19.3 Å². The van der Waals surface area contributed by atoms with Crippen molar-refractivity contribution in [2.75, 3.05) is 26.2 Å². The Kier molecular flexibility index (Phi) is 4.57. The lowest BCUT2D eigenvalue weighted by molar-refractivity contribution is 0.0592. The highest BCUT2D eigenvalue weighted by Gasteiger charge is 2.26. The summed E-state index contributed by atoms with van der Waals surface area (Å²) in [6, 6.07) is 1.83. The van der Waals surface area contributed by atoms with E-state index >= 15 is 0 Å². The van der Waals surface area contributed by atoms with Crippen LogP contribution in [0.4, 0.5) is 0 Å². The first-order chi connectivity index (χ1) is 12.2. The van der Waals surface area contributed by atoms with Crippen molar-refractivity contribution in [3.05, 3.63) is 35.3 Å². The Morgan fingerprint density at radius 3 is 2.72 bits per heavy atom. The van der Waals surface area contributed by atoms with Gasteiger partial charge < -0.3 is 13.9 Å². The minimum absolute atomic E-state index is 0.00139. The van der Waals surface area contributed by atoms with Crippen LogP contribution in [0.15, 0.2) is 16.7 Å². The molecule has 25 heavy (non-hydrogen) atoms. The summed E-state index contributed by atoms with van der Waals surface area (Å²) in [7, 11) is 0. The Balaban J connectivity index is 1.36. The summed E-state index contributed by atoms with van der Waals surface area (Å²) in [6.07, 6.45) is 6.32. The minimum atomic E-state index is -0.00139. The second-order valence-corrected chi connectivity index (χ2v) is 7.00. The van der Waals surface area contributed by atoms with E-state index in [1.807, 2.05) is 17.9 Å². The van der Waals surface area contributed by atoms with Crippen molar-refractivity contribution in [2.45, 2.75) is 45.7 Å². The van der Waals surface area contributed by atoms with Gasteiger partial charge in [0, 0.05) is 44.7 Å². The molecule has 0 bridgehead atoms. The van der Waals surface area contributed by atoms with Gasteiger partial charge in [0.05, 0.1) is 12.8 Å². The number of aromatic nitrogens is 3. The number of aryl methyl sites for hydroxylation is 2. The van der Waals surface area contributed by atoms with Gasteiger partial charge in [0.15, 0.2) is 5.76 Å². The molecule has 1 amide bonds. The van der Waals surface area contributed by atoms with E-state index in [-0.39, 0.29) is 5.91 Å². The van der Waals surface area contributed by atoms with Crippen LogP contribution in [0.5, 0.6) is 0 Å². The molecule has 2 aliphatic heterocycles. The fourth-order valence-corrected chi connectivity index (χ4v) is 3.71. The molecule has 0 aliphatic carbocycles. The molecule has 0 radical (unpaired) electrons. The zero-order chi connectivity index (χ0) is 17.2. The molecule has 0 saturated carbocycles. The summed E-state index contributed by atoms with van der Waals surface area (Å²) in [5.74, 6) is 2.67. The zero-order valence-corrected chi connectivity index (χ0v) is 14.8. The van der Waals surface area contributed by atoms with E-state index in [0.29, 0.717) is 5.76 Å². The van der Waals surface area contributed by atoms with Crippen LogP contribution in [0.25, 0.3) is 0 Å². The normalized spacial score (nSPS) is 18.8. The van der Waals surface area contributed by atoms with Crippen molar-refractivity contribution in [3.8, 4) is 0 Å². The quantitative estimate of drug-likeness (QED) is 0.851. The van der Waals surface area contributed by atoms with Crippen LogP contribution < -0.4 is 0 Å². The molecule has 0 atom stereocenters. The van der Waals surface area contributed by atoms with Crippen molar-refractivity contribution in [2.24, 2.45) is 0 Å². The van der Waals surface area contributed by atoms with Crippen LogP contribution in [0, 0.1) is 6.92 Å². The smallest absolute Gasteiger partial charge is 0.289 e. The Hall–Kier alpha value is -2.15. The Morgan fingerprint density at radius 1 is 1.12 bits per heavy atom. The monoisotopic (exact) mass is 343 g/mol. The van der Waals surface area contributed by atoms with Gasteiger partial charge in [0.1, 0.15) is 11.6 Å². The molecule has 2 aromatic rings. The van der Waals surface area contributed by atoms with Gasteiger partial charge in [0.25, 0.3) is 5.91 Å². The van der Waals surface area contributed by atoms with Crippen molar-refractivity contribution >= 4 is 5.91 Å². The predicted octanol–water partition coefficient (Wildman–Crippen LogP) is 1.86. The third kappa shape index (κ3) is 3.33. The molecule has 0 aromatic carbocycles. The molecule has 4 rings (SSSR count). The predicted molar refractivity (Wildman–Crippen MR) is 92.2 cm³/mol. The molecule has 1 fully saturated rings. The number of furan rings is 1. The van der Waals surface area contributed by atoms with Gasteiger partial charge in [-0.3, -0.25) is 9.69 Å². The van der Waals surface area contributed by atoms with Gasteiger partial charge in [0.2, 0.25) is 0 Å². The van der Waals surface area contributed by atoms with Gasteiger partial charge in [-0.05, 0) is 25.8 Å². The molecule has 0 unspecified atom stereocenters. The number of fused-ring (bicyclic) bond motifs is 1. The third-order valence-corrected chi connectivity index (χ3v) is 5.27. The summed E-state index contributed by atoms with van der Waals surface area (Å²) in [5, 5.41) is 8.79. The van der Waals surface area contributed by atoms with Crippen LogP contribution in [-0.2, 0) is 19.5 Å². The van der Waals surface area contributed by atoms with E-state index in [2.05, 4.69) is 19.7 Å². The number of carbonyl (C=O) groups excluding carboxylic acids is 1. The van der Waals surface area contributed by atoms with Crippen molar-refractivity contribution in [1.29, 1.82) is 0 Å². The second kappa shape index (κ2) is 7.00. The first kappa shape index (κ1) is 16.3. The summed E-state index contributed by atoms with van der Waals surface area (Å²) in [4.78, 5) is 16.8. The maximum absolute atomic E-state index is 12.5. The van der Waals surface area contributed by atoms with Crippen molar-refractivity contribution < 1.29 is 9.21 Å². The molecule has 0 N–H and O–H groups in total. The number of carbonyl (C=O) groups is 1. The molecule has 7 nitrogen and oxygen atoms in total. The topological polar surface area (TPSA) is 67.4 Å². The lowest BCUT2D eigenvalue weighted by Crippen LogP contribution is -2.48. The van der Waals surface area contributed by atoms with Gasteiger partial charge in [-0.15, -0.1) is 10.2 Å². The first-order valence-corrected chi connectivity index (χ1v) is 9.19. The molecular formula is C18H25N5O2. The molecule has 4 heterocycles. The van der Waals surface area contributed by atoms with Crippen LogP contribution in [-0.4, -0.2) is 56.7 Å². The third-order valence-electron chi connectivity index (χ3n) is 5.27. The summed E-state index contributed by atoms with van der Waals surface area (Å²) >= 11 is 0. The summed E-state index contributed by atoms with van der Waals surface area (Å²) in [6.45, 7) is 6.91. The second-order valence-electron chi connectivity index (χ2n) is 7.00. The van der Waals surface area contributed by atoms with Gasteiger partial charge in [-0.1, -0.05) is 6.42 Å². The average molecular weight is 343 g/mol. The van der Waals surface area contributed by atoms with Gasteiger partial charge in [-0.25, -0.2) is 0 Å². The van der Waals surface area contributed by atoms with Gasteiger partial charge >= 0.3 is 0 Å². The number of nitrogens with zero attached hydrogens (tertiary/aromatic N) is 5. The highest BCUT2D eigenvalue weighted by molar-refractivity contribution is 5.92. The van der Waals surface area contributed by atoms with Crippen LogP contribution in [0.2, 0.25) is 0 Å². The van der Waals surface area contributed by atoms with E-state index in [9.17, 15) is 4.79 Å². The van der Waals surface area contributed by atoms with E-state index in [0.717, 1.165) is 62.9 Å². The number of rotatable bonds is 3. The molecule has 2 aliphatic rings. The zero-order valence-electron chi connectivity index (χ0n) is 14.8. The fourth-order valence-electron chi connectivity index (χ4n) is 3.71. The van der Waals surface area contributed by atoms with Crippen molar-refractivity contribution in [1.82, 2.24) is 24.6 Å². The fraction of sp³-hybridized carbons (Fsp3) is 0.611. The summed E-state index contributed by atoms with van der Waals surface area (Å²) < 4.78 is 7.64. The molecule has 0 spiro atoms. The highest BCUT2D eigenvalue weighted by Crippen LogP contribution is 2.17. The molecular weight excluding hydrogens is 318 g/mol. The number of amides is 1. The standard InChI is InChI=1S/C18H25N5O2/c1-14-6-12-25-17(14)18(24)22-10-8-21(9-11-22)13-16-20-19-15-5-3-2-4-7-23(15)16/h6,12H,2-5,7-11,13H2,1H3. The molecule has 2 aromatic heterocycles. The first-order valence-electron chi connectivity index (χ1n) is 9.19. The molecule has 7 heteroatoms.